The first-order valence-corrected chi connectivity index (χ1v) is 4.97. The average molecular weight is 172 g/mol. The standard InChI is InChI=1S/C10H24N2/c1-5-6-12-8-10(4,11)7-9(2)3/h9,12H,5-8,11H2,1-4H3. The molecule has 0 heterocycles. The number of rotatable bonds is 6. The van der Waals surface area contributed by atoms with Crippen molar-refractivity contribution in [2.45, 2.75) is 46.1 Å². The van der Waals surface area contributed by atoms with Crippen LogP contribution in [0.1, 0.15) is 40.5 Å². The fraction of sp³-hybridized carbons (Fsp3) is 1.00. The van der Waals surface area contributed by atoms with Crippen molar-refractivity contribution in [1.29, 1.82) is 0 Å². The van der Waals surface area contributed by atoms with Gasteiger partial charge in [-0.1, -0.05) is 20.8 Å². The number of nitrogens with one attached hydrogen (secondary N) is 1. The largest absolute Gasteiger partial charge is 0.324 e. The summed E-state index contributed by atoms with van der Waals surface area (Å²) in [7, 11) is 0. The second kappa shape index (κ2) is 5.55. The monoisotopic (exact) mass is 172 g/mol. The molecule has 0 amide bonds. The fourth-order valence-corrected chi connectivity index (χ4v) is 1.56. The number of hydrogen-bond acceptors (Lipinski definition) is 2. The Balaban J connectivity index is 3.56. The molecule has 0 aliphatic heterocycles. The van der Waals surface area contributed by atoms with E-state index < -0.39 is 0 Å². The highest BCUT2D eigenvalue weighted by molar-refractivity contribution is 4.81. The Hall–Kier alpha value is -0.0800. The first-order chi connectivity index (χ1) is 5.48. The van der Waals surface area contributed by atoms with Gasteiger partial charge in [0.2, 0.25) is 0 Å². The summed E-state index contributed by atoms with van der Waals surface area (Å²) >= 11 is 0. The van der Waals surface area contributed by atoms with Crippen molar-refractivity contribution in [1.82, 2.24) is 5.32 Å². The van der Waals surface area contributed by atoms with Gasteiger partial charge in [-0.2, -0.15) is 0 Å². The fourth-order valence-electron chi connectivity index (χ4n) is 1.56. The van der Waals surface area contributed by atoms with Crippen molar-refractivity contribution in [3.05, 3.63) is 0 Å². The van der Waals surface area contributed by atoms with Crippen LogP contribution in [0.3, 0.4) is 0 Å². The minimum atomic E-state index is -0.0384. The normalized spacial score (nSPS) is 16.5. The van der Waals surface area contributed by atoms with Gasteiger partial charge in [-0.05, 0) is 32.2 Å². The molecule has 0 saturated carbocycles. The molecular formula is C10H24N2. The van der Waals surface area contributed by atoms with Gasteiger partial charge in [-0.25, -0.2) is 0 Å². The van der Waals surface area contributed by atoms with Crippen molar-refractivity contribution < 1.29 is 0 Å². The van der Waals surface area contributed by atoms with Crippen molar-refractivity contribution >= 4 is 0 Å². The van der Waals surface area contributed by atoms with Crippen molar-refractivity contribution in [2.24, 2.45) is 11.7 Å². The van der Waals surface area contributed by atoms with Gasteiger partial charge in [0.15, 0.2) is 0 Å². The molecule has 0 aliphatic carbocycles. The number of hydrogen-bond donors (Lipinski definition) is 2. The quantitative estimate of drug-likeness (QED) is 0.599. The second-order valence-corrected chi connectivity index (χ2v) is 4.43. The van der Waals surface area contributed by atoms with Gasteiger partial charge in [-0.3, -0.25) is 0 Å². The molecule has 0 aliphatic rings. The summed E-state index contributed by atoms with van der Waals surface area (Å²) in [5.41, 5.74) is 6.06. The zero-order valence-corrected chi connectivity index (χ0v) is 8.98. The topological polar surface area (TPSA) is 38.0 Å². The van der Waals surface area contributed by atoms with Gasteiger partial charge in [0.05, 0.1) is 0 Å². The molecule has 1 atom stereocenters. The van der Waals surface area contributed by atoms with E-state index in [0.717, 1.165) is 19.5 Å². The van der Waals surface area contributed by atoms with Crippen LogP contribution in [0.15, 0.2) is 0 Å². The van der Waals surface area contributed by atoms with Gasteiger partial charge >= 0.3 is 0 Å². The summed E-state index contributed by atoms with van der Waals surface area (Å²) in [5.74, 6) is 0.684. The van der Waals surface area contributed by atoms with Gasteiger partial charge in [-0.15, -0.1) is 0 Å². The average Bonchev–Trinajstić information content (AvgIpc) is 1.84. The zero-order chi connectivity index (χ0) is 9.61. The summed E-state index contributed by atoms with van der Waals surface area (Å²) in [5, 5.41) is 3.36. The molecule has 0 bridgehead atoms. The van der Waals surface area contributed by atoms with E-state index in [1.165, 1.54) is 6.42 Å². The lowest BCUT2D eigenvalue weighted by Crippen LogP contribution is -2.47. The molecule has 2 nitrogen and oxygen atoms in total. The van der Waals surface area contributed by atoms with Crippen molar-refractivity contribution in [3.63, 3.8) is 0 Å². The summed E-state index contributed by atoms with van der Waals surface area (Å²) in [6, 6.07) is 0. The molecule has 12 heavy (non-hydrogen) atoms. The molecule has 0 spiro atoms. The van der Waals surface area contributed by atoms with E-state index in [9.17, 15) is 0 Å². The van der Waals surface area contributed by atoms with Crippen LogP contribution in [-0.2, 0) is 0 Å². The van der Waals surface area contributed by atoms with E-state index in [0.29, 0.717) is 5.92 Å². The van der Waals surface area contributed by atoms with Gasteiger partial charge < -0.3 is 11.1 Å². The third kappa shape index (κ3) is 6.62. The second-order valence-electron chi connectivity index (χ2n) is 4.43. The molecular weight excluding hydrogens is 148 g/mol. The Bertz CT molecular complexity index is 108. The highest BCUT2D eigenvalue weighted by Crippen LogP contribution is 2.12. The molecule has 0 aromatic heterocycles. The van der Waals surface area contributed by atoms with Gasteiger partial charge in [0.1, 0.15) is 0 Å². The van der Waals surface area contributed by atoms with E-state index in [4.69, 9.17) is 5.73 Å². The minimum absolute atomic E-state index is 0.0384. The van der Waals surface area contributed by atoms with Crippen LogP contribution in [0.2, 0.25) is 0 Å². The third-order valence-electron chi connectivity index (χ3n) is 1.83. The molecule has 0 aromatic carbocycles. The van der Waals surface area contributed by atoms with E-state index >= 15 is 0 Å². The van der Waals surface area contributed by atoms with Gasteiger partial charge in [0, 0.05) is 12.1 Å². The molecule has 0 rings (SSSR count). The predicted molar refractivity (Wildman–Crippen MR) is 55.2 cm³/mol. The maximum Gasteiger partial charge on any atom is 0.0254 e. The third-order valence-corrected chi connectivity index (χ3v) is 1.83. The predicted octanol–water partition coefficient (Wildman–Crippen LogP) is 1.75. The maximum atomic E-state index is 6.10. The number of nitrogens with two attached hydrogens (primary N) is 1. The van der Waals surface area contributed by atoms with E-state index in [1.807, 2.05) is 0 Å². The Kier molecular flexibility index (Phi) is 5.51. The lowest BCUT2D eigenvalue weighted by atomic mass is 9.92. The molecule has 2 heteroatoms. The van der Waals surface area contributed by atoms with Crippen LogP contribution in [0, 0.1) is 5.92 Å². The first kappa shape index (κ1) is 11.9. The highest BCUT2D eigenvalue weighted by Gasteiger charge is 2.18. The summed E-state index contributed by atoms with van der Waals surface area (Å²) < 4.78 is 0. The maximum absolute atomic E-state index is 6.10. The van der Waals surface area contributed by atoms with E-state index in [-0.39, 0.29) is 5.54 Å². The molecule has 74 valence electrons. The first-order valence-electron chi connectivity index (χ1n) is 4.97. The van der Waals surface area contributed by atoms with Crippen LogP contribution < -0.4 is 11.1 Å². The molecule has 0 saturated heterocycles. The lowest BCUT2D eigenvalue weighted by molar-refractivity contribution is 0.351. The lowest BCUT2D eigenvalue weighted by Gasteiger charge is -2.26. The molecule has 0 fully saturated rings. The molecule has 1 unspecified atom stereocenters. The summed E-state index contributed by atoms with van der Waals surface area (Å²) in [4.78, 5) is 0. The van der Waals surface area contributed by atoms with Crippen LogP contribution in [0.5, 0.6) is 0 Å². The van der Waals surface area contributed by atoms with Crippen LogP contribution in [0.4, 0.5) is 0 Å². The van der Waals surface area contributed by atoms with E-state index in [1.54, 1.807) is 0 Å². The van der Waals surface area contributed by atoms with Gasteiger partial charge in [0.25, 0.3) is 0 Å². The summed E-state index contributed by atoms with van der Waals surface area (Å²) in [6.07, 6.45) is 2.27. The van der Waals surface area contributed by atoms with Crippen molar-refractivity contribution in [3.8, 4) is 0 Å². The Morgan fingerprint density at radius 2 is 2.00 bits per heavy atom. The SMILES string of the molecule is CCCNCC(C)(N)CC(C)C. The Morgan fingerprint density at radius 3 is 2.42 bits per heavy atom. The van der Waals surface area contributed by atoms with Crippen LogP contribution >= 0.6 is 0 Å². The van der Waals surface area contributed by atoms with Crippen LogP contribution in [0.25, 0.3) is 0 Å². The van der Waals surface area contributed by atoms with Crippen LogP contribution in [-0.4, -0.2) is 18.6 Å². The Labute approximate surface area is 76.9 Å². The molecule has 0 radical (unpaired) electrons. The van der Waals surface area contributed by atoms with E-state index in [2.05, 4.69) is 33.0 Å². The smallest absolute Gasteiger partial charge is 0.0254 e. The highest BCUT2D eigenvalue weighted by atomic mass is 14.9. The molecule has 3 N–H and O–H groups in total. The minimum Gasteiger partial charge on any atom is -0.324 e. The zero-order valence-electron chi connectivity index (χ0n) is 8.98. The summed E-state index contributed by atoms with van der Waals surface area (Å²) in [6.45, 7) is 10.7. The Morgan fingerprint density at radius 1 is 1.42 bits per heavy atom. The van der Waals surface area contributed by atoms with Crippen molar-refractivity contribution in [2.75, 3.05) is 13.1 Å². The molecule has 0 aromatic rings.